The summed E-state index contributed by atoms with van der Waals surface area (Å²) in [4.78, 5) is 7.18. The zero-order chi connectivity index (χ0) is 12.4. The van der Waals surface area contributed by atoms with Gasteiger partial charge in [0.25, 0.3) is 0 Å². The largest absolute Gasteiger partial charge is 0.496 e. The number of imidazole rings is 1. The molecule has 0 amide bonds. The number of hydrogen-bond donors (Lipinski definition) is 2. The maximum absolute atomic E-state index is 5.64. The van der Waals surface area contributed by atoms with Gasteiger partial charge in [-0.2, -0.15) is 0 Å². The Morgan fingerprint density at radius 2 is 2.24 bits per heavy atom. The number of H-pyrrole nitrogens is 1. The first-order valence-corrected chi connectivity index (χ1v) is 6.13. The molecule has 0 bridgehead atoms. The smallest absolute Gasteiger partial charge is 0.198 e. The molecule has 0 aliphatic rings. The predicted octanol–water partition coefficient (Wildman–Crippen LogP) is 2.99. The number of benzene rings is 1. The zero-order valence-electron chi connectivity index (χ0n) is 9.75. The van der Waals surface area contributed by atoms with Gasteiger partial charge < -0.3 is 15.5 Å². The molecule has 0 saturated heterocycles. The lowest BCUT2D eigenvalue weighted by Gasteiger charge is -2.08. The molecule has 3 N–H and O–H groups in total. The van der Waals surface area contributed by atoms with Crippen LogP contribution >= 0.6 is 15.9 Å². The van der Waals surface area contributed by atoms with Gasteiger partial charge in [0.15, 0.2) is 5.95 Å². The lowest BCUT2D eigenvalue weighted by molar-refractivity contribution is 0.416. The molecule has 0 saturated carbocycles. The molecule has 0 unspecified atom stereocenters. The molecule has 5 heteroatoms. The number of ether oxygens (including phenoxy) is 1. The van der Waals surface area contributed by atoms with Crippen molar-refractivity contribution in [1.29, 1.82) is 0 Å². The van der Waals surface area contributed by atoms with E-state index in [0.717, 1.165) is 28.0 Å². The summed E-state index contributed by atoms with van der Waals surface area (Å²) in [6, 6.07) is 6.07. The summed E-state index contributed by atoms with van der Waals surface area (Å²) in [6.07, 6.45) is 0.967. The molecular weight excluding hydrogens is 282 g/mol. The minimum absolute atomic E-state index is 0.385. The van der Waals surface area contributed by atoms with E-state index in [0.29, 0.717) is 5.95 Å². The molecule has 1 heterocycles. The number of hydrogen-bond acceptors (Lipinski definition) is 3. The van der Waals surface area contributed by atoms with E-state index >= 15 is 0 Å². The van der Waals surface area contributed by atoms with E-state index in [9.17, 15) is 0 Å². The van der Waals surface area contributed by atoms with E-state index in [1.54, 1.807) is 7.11 Å². The summed E-state index contributed by atoms with van der Waals surface area (Å²) < 4.78 is 6.11. The van der Waals surface area contributed by atoms with Crippen molar-refractivity contribution in [3.63, 3.8) is 0 Å². The first-order valence-electron chi connectivity index (χ1n) is 5.34. The van der Waals surface area contributed by atoms with Gasteiger partial charge in [0, 0.05) is 5.56 Å². The first-order chi connectivity index (χ1) is 8.15. The van der Waals surface area contributed by atoms with Crippen molar-refractivity contribution in [2.75, 3.05) is 12.8 Å². The highest BCUT2D eigenvalue weighted by Crippen LogP contribution is 2.34. The summed E-state index contributed by atoms with van der Waals surface area (Å²) in [5.41, 5.74) is 8.58. The molecule has 1 aromatic heterocycles. The molecule has 0 fully saturated rings. The van der Waals surface area contributed by atoms with Crippen molar-refractivity contribution < 1.29 is 4.74 Å². The summed E-state index contributed by atoms with van der Waals surface area (Å²) in [5.74, 6) is 1.17. The SMILES string of the molecule is CCc1ccc(OC)c(-c2nc(N)[nH]c2Br)c1. The second-order valence-electron chi connectivity index (χ2n) is 3.67. The van der Waals surface area contributed by atoms with Gasteiger partial charge in [0.1, 0.15) is 16.0 Å². The maximum atomic E-state index is 5.64. The van der Waals surface area contributed by atoms with Crippen molar-refractivity contribution in [2.24, 2.45) is 0 Å². The molecule has 0 spiro atoms. The number of aryl methyl sites for hydroxylation is 1. The lowest BCUT2D eigenvalue weighted by Crippen LogP contribution is -1.91. The fourth-order valence-corrected chi connectivity index (χ4v) is 2.21. The van der Waals surface area contributed by atoms with Gasteiger partial charge in [0.05, 0.1) is 7.11 Å². The van der Waals surface area contributed by atoms with Crippen molar-refractivity contribution in [3.05, 3.63) is 28.4 Å². The molecular formula is C12H14BrN3O. The van der Waals surface area contributed by atoms with E-state index in [1.807, 2.05) is 12.1 Å². The Morgan fingerprint density at radius 3 is 2.76 bits per heavy atom. The number of halogens is 1. The van der Waals surface area contributed by atoms with Gasteiger partial charge in [-0.15, -0.1) is 0 Å². The third-order valence-corrected chi connectivity index (χ3v) is 3.18. The van der Waals surface area contributed by atoms with E-state index in [4.69, 9.17) is 10.5 Å². The Bertz CT molecular complexity index is 537. The number of nitrogen functional groups attached to an aromatic ring is 1. The molecule has 17 heavy (non-hydrogen) atoms. The third-order valence-electron chi connectivity index (χ3n) is 2.61. The fraction of sp³-hybridized carbons (Fsp3) is 0.250. The van der Waals surface area contributed by atoms with Crippen molar-refractivity contribution >= 4 is 21.9 Å². The average Bonchev–Trinajstić information content (AvgIpc) is 2.67. The number of nitrogens with zero attached hydrogens (tertiary/aromatic N) is 1. The van der Waals surface area contributed by atoms with Crippen LogP contribution in [0.25, 0.3) is 11.3 Å². The van der Waals surface area contributed by atoms with Crippen LogP contribution in [0.4, 0.5) is 5.95 Å². The molecule has 0 aliphatic carbocycles. The Kier molecular flexibility index (Phi) is 3.38. The number of nitrogens with one attached hydrogen (secondary N) is 1. The quantitative estimate of drug-likeness (QED) is 0.915. The average molecular weight is 296 g/mol. The van der Waals surface area contributed by atoms with Crippen molar-refractivity contribution in [1.82, 2.24) is 9.97 Å². The van der Waals surface area contributed by atoms with Crippen LogP contribution in [0.2, 0.25) is 0 Å². The highest BCUT2D eigenvalue weighted by Gasteiger charge is 2.14. The van der Waals surface area contributed by atoms with Crippen LogP contribution in [0, 0.1) is 0 Å². The molecule has 1 aromatic carbocycles. The minimum atomic E-state index is 0.385. The Labute approximate surface area is 108 Å². The first kappa shape index (κ1) is 12.0. The van der Waals surface area contributed by atoms with Gasteiger partial charge >= 0.3 is 0 Å². The van der Waals surface area contributed by atoms with Crippen LogP contribution in [0.15, 0.2) is 22.8 Å². The van der Waals surface area contributed by atoms with E-state index in [-0.39, 0.29) is 0 Å². The second-order valence-corrected chi connectivity index (χ2v) is 4.47. The minimum Gasteiger partial charge on any atom is -0.496 e. The third kappa shape index (κ3) is 2.29. The lowest BCUT2D eigenvalue weighted by atomic mass is 10.1. The Morgan fingerprint density at radius 1 is 1.47 bits per heavy atom. The number of methoxy groups -OCH3 is 1. The highest BCUT2D eigenvalue weighted by molar-refractivity contribution is 9.10. The number of aromatic amines is 1. The van der Waals surface area contributed by atoms with Crippen LogP contribution in [-0.4, -0.2) is 17.1 Å². The van der Waals surface area contributed by atoms with Gasteiger partial charge in [-0.3, -0.25) is 0 Å². The summed E-state index contributed by atoms with van der Waals surface area (Å²) in [5, 5.41) is 0. The molecule has 0 atom stereocenters. The van der Waals surface area contributed by atoms with Gasteiger partial charge in [-0.25, -0.2) is 4.98 Å². The highest BCUT2D eigenvalue weighted by atomic mass is 79.9. The zero-order valence-corrected chi connectivity index (χ0v) is 11.3. The number of aromatic nitrogens is 2. The van der Waals surface area contributed by atoms with Crippen LogP contribution in [-0.2, 0) is 6.42 Å². The summed E-state index contributed by atoms with van der Waals surface area (Å²) in [6.45, 7) is 2.11. The fourth-order valence-electron chi connectivity index (χ4n) is 1.71. The van der Waals surface area contributed by atoms with Crippen molar-refractivity contribution in [2.45, 2.75) is 13.3 Å². The second kappa shape index (κ2) is 4.79. The number of rotatable bonds is 3. The molecule has 2 aromatic rings. The topological polar surface area (TPSA) is 63.9 Å². The normalized spacial score (nSPS) is 10.5. The number of nitrogens with two attached hydrogens (primary N) is 1. The van der Waals surface area contributed by atoms with Gasteiger partial charge in [-0.05, 0) is 40.0 Å². The van der Waals surface area contributed by atoms with Gasteiger partial charge in [0.2, 0.25) is 0 Å². The molecule has 2 rings (SSSR count). The van der Waals surface area contributed by atoms with E-state index < -0.39 is 0 Å². The van der Waals surface area contributed by atoms with Crippen LogP contribution in [0.1, 0.15) is 12.5 Å². The molecule has 4 nitrogen and oxygen atoms in total. The van der Waals surface area contributed by atoms with E-state index in [1.165, 1.54) is 5.56 Å². The summed E-state index contributed by atoms with van der Waals surface area (Å²) >= 11 is 3.41. The Balaban J connectivity index is 2.59. The standard InChI is InChI=1S/C12H14BrN3O/c1-3-7-4-5-9(17-2)8(6-7)10-11(13)16-12(14)15-10/h4-6H,3H2,1-2H3,(H3,14,15,16). The van der Waals surface area contributed by atoms with E-state index in [2.05, 4.69) is 38.9 Å². The van der Waals surface area contributed by atoms with Crippen LogP contribution < -0.4 is 10.5 Å². The summed E-state index contributed by atoms with van der Waals surface area (Å²) in [7, 11) is 1.65. The molecule has 90 valence electrons. The maximum Gasteiger partial charge on any atom is 0.198 e. The van der Waals surface area contributed by atoms with Crippen molar-refractivity contribution in [3.8, 4) is 17.0 Å². The monoisotopic (exact) mass is 295 g/mol. The van der Waals surface area contributed by atoms with Gasteiger partial charge in [-0.1, -0.05) is 13.0 Å². The predicted molar refractivity (Wildman–Crippen MR) is 72.1 cm³/mol. The number of anilines is 1. The molecule has 0 radical (unpaired) electrons. The molecule has 0 aliphatic heterocycles. The Hall–Kier alpha value is -1.49. The van der Waals surface area contributed by atoms with Crippen LogP contribution in [0.5, 0.6) is 5.75 Å². The van der Waals surface area contributed by atoms with Crippen LogP contribution in [0.3, 0.4) is 0 Å².